The van der Waals surface area contributed by atoms with Gasteiger partial charge >= 0.3 is 0 Å². The molecule has 5 heteroatoms. The van der Waals surface area contributed by atoms with E-state index in [1.54, 1.807) is 6.33 Å². The lowest BCUT2D eigenvalue weighted by Gasteiger charge is -2.34. The average Bonchev–Trinajstić information content (AvgIpc) is 3.10. The molecule has 0 saturated carbocycles. The van der Waals surface area contributed by atoms with Crippen LogP contribution in [0.3, 0.4) is 0 Å². The number of hydrogen-bond donors (Lipinski definition) is 1. The van der Waals surface area contributed by atoms with E-state index < -0.39 is 0 Å². The summed E-state index contributed by atoms with van der Waals surface area (Å²) in [5, 5.41) is 7.91. The lowest BCUT2D eigenvalue weighted by Crippen LogP contribution is -2.40. The minimum absolute atomic E-state index is 0.793. The molecule has 1 aromatic rings. The van der Waals surface area contributed by atoms with Crippen LogP contribution in [0.25, 0.3) is 0 Å². The number of piperidine rings is 1. The van der Waals surface area contributed by atoms with Crippen LogP contribution in [-0.2, 0) is 13.1 Å². The number of likely N-dealkylation sites (tertiary alicyclic amines) is 1. The molecule has 1 N–H and O–H groups in total. The van der Waals surface area contributed by atoms with Gasteiger partial charge in [-0.05, 0) is 58.2 Å². The van der Waals surface area contributed by atoms with E-state index in [-0.39, 0.29) is 0 Å². The second-order valence-corrected chi connectivity index (χ2v) is 5.81. The maximum Gasteiger partial charge on any atom is 0.140 e. The highest BCUT2D eigenvalue weighted by Crippen LogP contribution is 2.26. The van der Waals surface area contributed by atoms with Gasteiger partial charge in [-0.25, -0.2) is 9.67 Å². The van der Waals surface area contributed by atoms with Crippen molar-refractivity contribution in [2.45, 2.75) is 51.7 Å². The van der Waals surface area contributed by atoms with Crippen LogP contribution in [0, 0.1) is 5.92 Å². The van der Waals surface area contributed by atoms with Crippen LogP contribution >= 0.6 is 0 Å². The zero-order valence-corrected chi connectivity index (χ0v) is 11.9. The van der Waals surface area contributed by atoms with Crippen LogP contribution in [0.15, 0.2) is 6.33 Å². The maximum atomic E-state index is 4.38. The van der Waals surface area contributed by atoms with Crippen molar-refractivity contribution in [1.29, 1.82) is 0 Å². The molecule has 0 amide bonds. The largest absolute Gasteiger partial charge is 0.314 e. The van der Waals surface area contributed by atoms with Crippen LogP contribution in [0.2, 0.25) is 0 Å². The Balaban J connectivity index is 1.50. The van der Waals surface area contributed by atoms with E-state index in [0.717, 1.165) is 30.9 Å². The van der Waals surface area contributed by atoms with Crippen LogP contribution in [-0.4, -0.2) is 45.3 Å². The first-order valence-corrected chi connectivity index (χ1v) is 7.69. The molecule has 2 aliphatic heterocycles. The van der Waals surface area contributed by atoms with Gasteiger partial charge in [0.1, 0.15) is 12.2 Å². The van der Waals surface area contributed by atoms with Gasteiger partial charge in [-0.3, -0.25) is 4.90 Å². The van der Waals surface area contributed by atoms with Crippen molar-refractivity contribution in [3.8, 4) is 0 Å². The Morgan fingerprint density at radius 2 is 2.16 bits per heavy atom. The van der Waals surface area contributed by atoms with Gasteiger partial charge in [-0.2, -0.15) is 5.10 Å². The molecule has 2 saturated heterocycles. The summed E-state index contributed by atoms with van der Waals surface area (Å²) >= 11 is 0. The van der Waals surface area contributed by atoms with Crippen molar-refractivity contribution < 1.29 is 0 Å². The zero-order chi connectivity index (χ0) is 13.1. The summed E-state index contributed by atoms with van der Waals surface area (Å²) in [5.41, 5.74) is 0. The fraction of sp³-hybridized carbons (Fsp3) is 0.857. The molecule has 1 aromatic heterocycles. The first kappa shape index (κ1) is 13.1. The molecule has 106 valence electrons. The zero-order valence-electron chi connectivity index (χ0n) is 11.9. The third-order valence-electron chi connectivity index (χ3n) is 4.66. The molecule has 2 aliphatic rings. The summed E-state index contributed by atoms with van der Waals surface area (Å²) in [7, 11) is 0. The van der Waals surface area contributed by atoms with E-state index in [2.05, 4.69) is 27.2 Å². The molecule has 0 radical (unpaired) electrons. The van der Waals surface area contributed by atoms with Crippen LogP contribution in [0.5, 0.6) is 0 Å². The second kappa shape index (κ2) is 6.01. The van der Waals surface area contributed by atoms with Crippen LogP contribution in [0.4, 0.5) is 0 Å². The summed E-state index contributed by atoms with van der Waals surface area (Å²) in [6, 6.07) is 0.793. The van der Waals surface area contributed by atoms with E-state index in [4.69, 9.17) is 0 Å². The summed E-state index contributed by atoms with van der Waals surface area (Å²) in [4.78, 5) is 6.90. The molecule has 0 aromatic carbocycles. The summed E-state index contributed by atoms with van der Waals surface area (Å²) in [6.07, 6.45) is 7.09. The predicted octanol–water partition coefficient (Wildman–Crippen LogP) is 1.26. The average molecular weight is 263 g/mol. The lowest BCUT2D eigenvalue weighted by molar-refractivity contribution is 0.152. The van der Waals surface area contributed by atoms with Crippen molar-refractivity contribution in [2.75, 3.05) is 19.6 Å². The molecule has 3 heterocycles. The highest BCUT2D eigenvalue weighted by atomic mass is 15.3. The third kappa shape index (κ3) is 2.98. The van der Waals surface area contributed by atoms with Crippen molar-refractivity contribution >= 4 is 0 Å². The molecule has 3 rings (SSSR count). The van der Waals surface area contributed by atoms with Crippen molar-refractivity contribution in [3.05, 3.63) is 12.2 Å². The number of aromatic nitrogens is 3. The smallest absolute Gasteiger partial charge is 0.140 e. The van der Waals surface area contributed by atoms with Gasteiger partial charge in [-0.1, -0.05) is 0 Å². The number of aryl methyl sites for hydroxylation is 1. The number of rotatable bonds is 4. The summed E-state index contributed by atoms with van der Waals surface area (Å²) in [6.45, 7) is 7.63. The van der Waals surface area contributed by atoms with Crippen LogP contribution in [0.1, 0.15) is 38.4 Å². The highest BCUT2D eigenvalue weighted by molar-refractivity contribution is 4.89. The Labute approximate surface area is 115 Å². The Hall–Kier alpha value is -0.940. The second-order valence-electron chi connectivity index (χ2n) is 5.81. The first-order chi connectivity index (χ1) is 9.36. The fourth-order valence-corrected chi connectivity index (χ4v) is 3.50. The Kier molecular flexibility index (Phi) is 4.13. The van der Waals surface area contributed by atoms with Crippen molar-refractivity contribution in [1.82, 2.24) is 25.0 Å². The van der Waals surface area contributed by atoms with Gasteiger partial charge in [0.05, 0.1) is 6.54 Å². The van der Waals surface area contributed by atoms with E-state index >= 15 is 0 Å². The Morgan fingerprint density at radius 1 is 1.32 bits per heavy atom. The van der Waals surface area contributed by atoms with Gasteiger partial charge in [0.25, 0.3) is 0 Å². The molecule has 1 atom stereocenters. The number of hydrogen-bond acceptors (Lipinski definition) is 4. The lowest BCUT2D eigenvalue weighted by atomic mass is 9.88. The SMILES string of the molecule is CCn1ncnc1CN1CCC(C2CCCN2)CC1. The van der Waals surface area contributed by atoms with Crippen molar-refractivity contribution in [2.24, 2.45) is 5.92 Å². The summed E-state index contributed by atoms with van der Waals surface area (Å²) in [5.74, 6) is 2.00. The highest BCUT2D eigenvalue weighted by Gasteiger charge is 2.28. The van der Waals surface area contributed by atoms with Crippen molar-refractivity contribution in [3.63, 3.8) is 0 Å². The van der Waals surface area contributed by atoms with E-state index in [9.17, 15) is 0 Å². The molecule has 0 spiro atoms. The molecule has 5 nitrogen and oxygen atoms in total. The standard InChI is InChI=1S/C14H25N5/c1-2-19-14(16-11-17-19)10-18-8-5-12(6-9-18)13-4-3-7-15-13/h11-13,15H,2-10H2,1H3. The van der Waals surface area contributed by atoms with Gasteiger partial charge in [0.15, 0.2) is 0 Å². The number of nitrogens with one attached hydrogen (secondary N) is 1. The molecule has 0 aliphatic carbocycles. The topological polar surface area (TPSA) is 46.0 Å². The number of nitrogens with zero attached hydrogens (tertiary/aromatic N) is 4. The molecule has 1 unspecified atom stereocenters. The van der Waals surface area contributed by atoms with E-state index in [1.807, 2.05) is 4.68 Å². The van der Waals surface area contributed by atoms with Gasteiger partial charge in [-0.15, -0.1) is 0 Å². The van der Waals surface area contributed by atoms with Gasteiger partial charge in [0.2, 0.25) is 0 Å². The minimum Gasteiger partial charge on any atom is -0.314 e. The maximum absolute atomic E-state index is 4.38. The van der Waals surface area contributed by atoms with E-state index in [0.29, 0.717) is 0 Å². The molecular weight excluding hydrogens is 238 g/mol. The quantitative estimate of drug-likeness (QED) is 0.888. The predicted molar refractivity (Wildman–Crippen MR) is 74.7 cm³/mol. The monoisotopic (exact) mass is 263 g/mol. The molecule has 0 bridgehead atoms. The third-order valence-corrected chi connectivity index (χ3v) is 4.66. The Bertz CT molecular complexity index is 388. The molecule has 19 heavy (non-hydrogen) atoms. The van der Waals surface area contributed by atoms with Crippen LogP contribution < -0.4 is 5.32 Å². The Morgan fingerprint density at radius 3 is 2.84 bits per heavy atom. The molecule has 2 fully saturated rings. The van der Waals surface area contributed by atoms with E-state index in [1.165, 1.54) is 45.3 Å². The first-order valence-electron chi connectivity index (χ1n) is 7.69. The molecular formula is C14H25N5. The summed E-state index contributed by atoms with van der Waals surface area (Å²) < 4.78 is 2.00. The minimum atomic E-state index is 0.793. The normalized spacial score (nSPS) is 26.1. The fourth-order valence-electron chi connectivity index (χ4n) is 3.50. The van der Waals surface area contributed by atoms with Gasteiger partial charge in [0, 0.05) is 12.6 Å². The van der Waals surface area contributed by atoms with Gasteiger partial charge < -0.3 is 5.32 Å².